The van der Waals surface area contributed by atoms with Crippen LogP contribution in [-0.2, 0) is 6.61 Å². The van der Waals surface area contributed by atoms with Gasteiger partial charge in [0.1, 0.15) is 18.1 Å². The molecule has 0 saturated heterocycles. The highest BCUT2D eigenvalue weighted by Crippen LogP contribution is 2.21. The van der Waals surface area contributed by atoms with Gasteiger partial charge in [-0.25, -0.2) is 0 Å². The molecule has 29 heavy (non-hydrogen) atoms. The standard InChI is InChI=1S/C22H31N3O3.ClH/c1-16-20(17(2)28-25-16)15-27-21-12-8-7-11-19(21)22(26)24-14-13-23-18-9-5-3-4-6-10-18;/h7-8,11-12,18,23H,3-6,9-10,13-15H2,1-2H3,(H,24,26);1H. The molecule has 1 saturated carbocycles. The van der Waals surface area contributed by atoms with Gasteiger partial charge in [0.2, 0.25) is 0 Å². The number of amides is 1. The number of aromatic nitrogens is 1. The van der Waals surface area contributed by atoms with Crippen LogP contribution in [0.2, 0.25) is 0 Å². The van der Waals surface area contributed by atoms with Crippen molar-refractivity contribution in [2.24, 2.45) is 0 Å². The normalized spacial score (nSPS) is 14.7. The third-order valence-corrected chi connectivity index (χ3v) is 5.38. The van der Waals surface area contributed by atoms with Crippen molar-refractivity contribution < 1.29 is 14.1 Å². The summed E-state index contributed by atoms with van der Waals surface area (Å²) in [5.41, 5.74) is 2.27. The van der Waals surface area contributed by atoms with E-state index in [1.54, 1.807) is 6.07 Å². The number of hydrogen-bond donors (Lipinski definition) is 2. The van der Waals surface area contributed by atoms with E-state index in [9.17, 15) is 4.79 Å². The zero-order valence-corrected chi connectivity index (χ0v) is 18.1. The van der Waals surface area contributed by atoms with Crippen LogP contribution in [0, 0.1) is 13.8 Å². The number of ether oxygens (including phenoxy) is 1. The fraction of sp³-hybridized carbons (Fsp3) is 0.545. The first-order valence-electron chi connectivity index (χ1n) is 10.3. The van der Waals surface area contributed by atoms with E-state index >= 15 is 0 Å². The van der Waals surface area contributed by atoms with Crippen molar-refractivity contribution in [2.45, 2.75) is 65.0 Å². The molecule has 1 aliphatic carbocycles. The molecule has 0 atom stereocenters. The summed E-state index contributed by atoms with van der Waals surface area (Å²) < 4.78 is 11.1. The van der Waals surface area contributed by atoms with Crippen molar-refractivity contribution in [2.75, 3.05) is 13.1 Å². The average molecular weight is 422 g/mol. The number of benzene rings is 1. The summed E-state index contributed by atoms with van der Waals surface area (Å²) in [6.07, 6.45) is 7.79. The van der Waals surface area contributed by atoms with E-state index in [1.807, 2.05) is 32.0 Å². The molecule has 1 aromatic heterocycles. The van der Waals surface area contributed by atoms with E-state index in [4.69, 9.17) is 9.26 Å². The van der Waals surface area contributed by atoms with Gasteiger partial charge in [-0.05, 0) is 38.8 Å². The lowest BCUT2D eigenvalue weighted by molar-refractivity contribution is 0.0949. The number of rotatable bonds is 8. The molecule has 1 heterocycles. The first-order valence-corrected chi connectivity index (χ1v) is 10.3. The quantitative estimate of drug-likeness (QED) is 0.490. The molecule has 1 aliphatic rings. The summed E-state index contributed by atoms with van der Waals surface area (Å²) in [6, 6.07) is 7.91. The Labute approximate surface area is 179 Å². The lowest BCUT2D eigenvalue weighted by atomic mass is 10.1. The first kappa shape index (κ1) is 23.2. The minimum atomic E-state index is -0.114. The summed E-state index contributed by atoms with van der Waals surface area (Å²) >= 11 is 0. The topological polar surface area (TPSA) is 76.4 Å². The molecule has 3 rings (SSSR count). The summed E-state index contributed by atoms with van der Waals surface area (Å²) in [5, 5.41) is 10.5. The lowest BCUT2D eigenvalue weighted by Gasteiger charge is -2.16. The van der Waals surface area contributed by atoms with Crippen LogP contribution in [0.1, 0.15) is 65.9 Å². The van der Waals surface area contributed by atoms with E-state index in [0.717, 1.165) is 23.6 Å². The molecule has 1 aromatic carbocycles. The minimum Gasteiger partial charge on any atom is -0.488 e. The fourth-order valence-corrected chi connectivity index (χ4v) is 3.67. The van der Waals surface area contributed by atoms with Gasteiger partial charge in [0.15, 0.2) is 0 Å². The van der Waals surface area contributed by atoms with Crippen LogP contribution in [0.25, 0.3) is 0 Å². The van der Waals surface area contributed by atoms with Crippen LogP contribution in [-0.4, -0.2) is 30.2 Å². The average Bonchev–Trinajstić information content (AvgIpc) is 2.89. The molecule has 7 heteroatoms. The van der Waals surface area contributed by atoms with Gasteiger partial charge < -0.3 is 19.9 Å². The van der Waals surface area contributed by atoms with Gasteiger partial charge in [0.05, 0.1) is 16.8 Å². The van der Waals surface area contributed by atoms with E-state index in [0.29, 0.717) is 30.5 Å². The highest BCUT2D eigenvalue weighted by molar-refractivity contribution is 5.96. The Morgan fingerprint density at radius 3 is 2.55 bits per heavy atom. The molecule has 0 aliphatic heterocycles. The Bertz CT molecular complexity index is 751. The monoisotopic (exact) mass is 421 g/mol. The number of halogens is 1. The van der Waals surface area contributed by atoms with E-state index in [1.165, 1.54) is 38.5 Å². The van der Waals surface area contributed by atoms with Gasteiger partial charge >= 0.3 is 0 Å². The van der Waals surface area contributed by atoms with Crippen molar-refractivity contribution in [1.29, 1.82) is 0 Å². The lowest BCUT2D eigenvalue weighted by Crippen LogP contribution is -2.37. The number of aryl methyl sites for hydroxylation is 2. The SMILES string of the molecule is Cc1noc(C)c1COc1ccccc1C(=O)NCCNC1CCCCCC1.Cl. The molecular weight excluding hydrogens is 390 g/mol. The largest absolute Gasteiger partial charge is 0.488 e. The van der Waals surface area contributed by atoms with Crippen molar-refractivity contribution in [1.82, 2.24) is 15.8 Å². The number of carbonyl (C=O) groups excluding carboxylic acids is 1. The number of hydrogen-bond acceptors (Lipinski definition) is 5. The number of nitrogens with zero attached hydrogens (tertiary/aromatic N) is 1. The molecule has 0 unspecified atom stereocenters. The van der Waals surface area contributed by atoms with Crippen LogP contribution < -0.4 is 15.4 Å². The Morgan fingerprint density at radius 2 is 1.86 bits per heavy atom. The molecule has 6 nitrogen and oxygen atoms in total. The Morgan fingerprint density at radius 1 is 1.14 bits per heavy atom. The van der Waals surface area contributed by atoms with Crippen molar-refractivity contribution in [3.8, 4) is 5.75 Å². The molecule has 1 amide bonds. The van der Waals surface area contributed by atoms with Gasteiger partial charge in [0.25, 0.3) is 5.91 Å². The Hall–Kier alpha value is -2.05. The summed E-state index contributed by atoms with van der Waals surface area (Å²) in [5.74, 6) is 1.19. The van der Waals surface area contributed by atoms with Crippen LogP contribution in [0.4, 0.5) is 0 Å². The van der Waals surface area contributed by atoms with Gasteiger partial charge in [0, 0.05) is 19.1 Å². The van der Waals surface area contributed by atoms with Crippen molar-refractivity contribution in [3.05, 3.63) is 46.8 Å². The van der Waals surface area contributed by atoms with E-state index in [2.05, 4.69) is 15.8 Å². The van der Waals surface area contributed by atoms with Gasteiger partial charge in [-0.1, -0.05) is 43.0 Å². The van der Waals surface area contributed by atoms with Crippen LogP contribution in [0.15, 0.2) is 28.8 Å². The molecule has 2 N–H and O–H groups in total. The number of nitrogens with one attached hydrogen (secondary N) is 2. The zero-order chi connectivity index (χ0) is 19.8. The third kappa shape index (κ3) is 6.75. The van der Waals surface area contributed by atoms with E-state index in [-0.39, 0.29) is 18.3 Å². The maximum atomic E-state index is 12.6. The van der Waals surface area contributed by atoms with Gasteiger partial charge in [-0.2, -0.15) is 0 Å². The Kier molecular flexibility index (Phi) is 9.48. The molecular formula is C22H32ClN3O3. The third-order valence-electron chi connectivity index (χ3n) is 5.38. The fourth-order valence-electron chi connectivity index (χ4n) is 3.67. The molecule has 0 radical (unpaired) electrons. The van der Waals surface area contributed by atoms with Crippen LogP contribution >= 0.6 is 12.4 Å². The van der Waals surface area contributed by atoms with E-state index < -0.39 is 0 Å². The maximum Gasteiger partial charge on any atom is 0.255 e. The Balaban J connectivity index is 0.00000300. The summed E-state index contributed by atoms with van der Waals surface area (Å²) in [6.45, 7) is 5.47. The second-order valence-corrected chi connectivity index (χ2v) is 7.49. The predicted octanol–water partition coefficient (Wildman–Crippen LogP) is 4.33. The molecule has 2 aromatic rings. The predicted molar refractivity (Wildman–Crippen MR) is 116 cm³/mol. The van der Waals surface area contributed by atoms with Gasteiger partial charge in [-0.3, -0.25) is 4.79 Å². The summed E-state index contributed by atoms with van der Waals surface area (Å²) in [4.78, 5) is 12.6. The molecule has 160 valence electrons. The zero-order valence-electron chi connectivity index (χ0n) is 17.3. The van der Waals surface area contributed by atoms with Gasteiger partial charge in [-0.15, -0.1) is 12.4 Å². The van der Waals surface area contributed by atoms with Crippen molar-refractivity contribution in [3.63, 3.8) is 0 Å². The van der Waals surface area contributed by atoms with Crippen molar-refractivity contribution >= 4 is 18.3 Å². The molecule has 1 fully saturated rings. The first-order chi connectivity index (χ1) is 13.6. The second kappa shape index (κ2) is 11.8. The highest BCUT2D eigenvalue weighted by Gasteiger charge is 2.15. The molecule has 0 bridgehead atoms. The maximum absolute atomic E-state index is 12.6. The molecule has 0 spiro atoms. The highest BCUT2D eigenvalue weighted by atomic mass is 35.5. The summed E-state index contributed by atoms with van der Waals surface area (Å²) in [7, 11) is 0. The number of carbonyl (C=O) groups is 1. The smallest absolute Gasteiger partial charge is 0.255 e. The number of para-hydroxylation sites is 1. The minimum absolute atomic E-state index is 0. The second-order valence-electron chi connectivity index (χ2n) is 7.49. The van der Waals surface area contributed by atoms with Crippen LogP contribution in [0.3, 0.4) is 0 Å². The van der Waals surface area contributed by atoms with Crippen LogP contribution in [0.5, 0.6) is 5.75 Å².